The van der Waals surface area contributed by atoms with Crippen LogP contribution in [0.1, 0.15) is 43.1 Å². The number of urea groups is 1. The van der Waals surface area contributed by atoms with Crippen molar-refractivity contribution in [2.24, 2.45) is 0 Å². The first-order valence-electron chi connectivity index (χ1n) is 8.30. The number of aromatic nitrogens is 2. The Balaban J connectivity index is 1.54. The maximum atomic E-state index is 12.0. The van der Waals surface area contributed by atoms with E-state index in [0.717, 1.165) is 18.7 Å². The molecule has 1 saturated heterocycles. The second-order valence-electron chi connectivity index (χ2n) is 6.07. The third-order valence-corrected chi connectivity index (χ3v) is 4.16. The van der Waals surface area contributed by atoms with Gasteiger partial charge in [0.05, 0.1) is 12.6 Å². The van der Waals surface area contributed by atoms with Gasteiger partial charge in [0.15, 0.2) is 5.82 Å². The molecule has 0 unspecified atom stereocenters. The van der Waals surface area contributed by atoms with Gasteiger partial charge in [0, 0.05) is 18.8 Å². The lowest BCUT2D eigenvalue weighted by atomic mass is 10.1. The van der Waals surface area contributed by atoms with Gasteiger partial charge in [0.1, 0.15) is 0 Å². The number of amides is 2. The van der Waals surface area contributed by atoms with Gasteiger partial charge in [0.25, 0.3) is 0 Å². The Morgan fingerprint density at radius 2 is 2.17 bits per heavy atom. The zero-order valence-corrected chi connectivity index (χ0v) is 14.1. The fourth-order valence-electron chi connectivity index (χ4n) is 2.86. The van der Waals surface area contributed by atoms with E-state index in [-0.39, 0.29) is 18.6 Å². The van der Waals surface area contributed by atoms with Gasteiger partial charge in [-0.2, -0.15) is 4.98 Å². The zero-order valence-electron chi connectivity index (χ0n) is 14.1. The predicted octanol–water partition coefficient (Wildman–Crippen LogP) is 2.54. The third-order valence-electron chi connectivity index (χ3n) is 4.16. The van der Waals surface area contributed by atoms with Crippen molar-refractivity contribution in [3.8, 4) is 0 Å². The Morgan fingerprint density at radius 3 is 2.88 bits per heavy atom. The van der Waals surface area contributed by atoms with Gasteiger partial charge >= 0.3 is 6.03 Å². The van der Waals surface area contributed by atoms with E-state index in [4.69, 9.17) is 4.52 Å². The minimum atomic E-state index is -0.259. The molecule has 2 N–H and O–H groups in total. The van der Waals surface area contributed by atoms with Crippen molar-refractivity contribution < 1.29 is 9.32 Å². The van der Waals surface area contributed by atoms with E-state index >= 15 is 0 Å². The maximum Gasteiger partial charge on any atom is 0.315 e. The summed E-state index contributed by atoms with van der Waals surface area (Å²) in [6, 6.07) is 8.01. The van der Waals surface area contributed by atoms with Crippen molar-refractivity contribution >= 4 is 11.7 Å². The van der Waals surface area contributed by atoms with Crippen molar-refractivity contribution in [3.05, 3.63) is 41.5 Å². The number of carbonyl (C=O) groups excluding carboxylic acids is 1. The van der Waals surface area contributed by atoms with Gasteiger partial charge in [-0.25, -0.2) is 4.79 Å². The number of aryl methyl sites for hydroxylation is 1. The summed E-state index contributed by atoms with van der Waals surface area (Å²) in [5.74, 6) is 0.950. The van der Waals surface area contributed by atoms with E-state index in [2.05, 4.69) is 37.8 Å². The van der Waals surface area contributed by atoms with Crippen LogP contribution in [0.25, 0.3) is 0 Å². The minimum absolute atomic E-state index is 0.0861. The molecule has 1 aliphatic rings. The summed E-state index contributed by atoms with van der Waals surface area (Å²) in [5, 5.41) is 9.35. The summed E-state index contributed by atoms with van der Waals surface area (Å²) in [6.45, 7) is 6.14. The van der Waals surface area contributed by atoms with E-state index in [1.54, 1.807) is 6.92 Å². The maximum absolute atomic E-state index is 12.0. The van der Waals surface area contributed by atoms with Gasteiger partial charge < -0.3 is 20.1 Å². The number of benzene rings is 1. The molecule has 2 amide bonds. The van der Waals surface area contributed by atoms with Crippen molar-refractivity contribution in [1.82, 2.24) is 20.8 Å². The van der Waals surface area contributed by atoms with Gasteiger partial charge in [-0.1, -0.05) is 17.3 Å². The van der Waals surface area contributed by atoms with Crippen molar-refractivity contribution in [2.45, 2.75) is 39.3 Å². The van der Waals surface area contributed by atoms with Crippen LogP contribution in [-0.2, 0) is 6.54 Å². The number of rotatable bonds is 5. The minimum Gasteiger partial charge on any atom is -0.372 e. The Morgan fingerprint density at radius 1 is 1.38 bits per heavy atom. The first-order valence-corrected chi connectivity index (χ1v) is 8.30. The molecule has 0 spiro atoms. The fourth-order valence-corrected chi connectivity index (χ4v) is 2.86. The average molecular weight is 329 g/mol. The lowest BCUT2D eigenvalue weighted by Gasteiger charge is -2.20. The molecule has 3 rings (SSSR count). The Kier molecular flexibility index (Phi) is 4.98. The molecule has 0 bridgehead atoms. The largest absolute Gasteiger partial charge is 0.372 e. The number of nitrogens with zero attached hydrogens (tertiary/aromatic N) is 3. The van der Waals surface area contributed by atoms with Gasteiger partial charge in [-0.05, 0) is 44.4 Å². The summed E-state index contributed by atoms with van der Waals surface area (Å²) in [7, 11) is 0. The Bertz CT molecular complexity index is 694. The SMILES string of the molecule is Cc1noc(CNC(=O)N[C@@H](C)c2cccc(N3CCCC3)c2)n1. The molecular formula is C17H23N5O2. The molecule has 1 aliphatic heterocycles. The van der Waals surface area contributed by atoms with E-state index in [0.29, 0.717) is 11.7 Å². The molecule has 1 atom stereocenters. The number of carbonyl (C=O) groups is 1. The molecule has 0 aliphatic carbocycles. The average Bonchev–Trinajstić information content (AvgIpc) is 3.24. The normalized spacial score (nSPS) is 15.3. The van der Waals surface area contributed by atoms with Crippen molar-refractivity contribution in [2.75, 3.05) is 18.0 Å². The van der Waals surface area contributed by atoms with E-state index < -0.39 is 0 Å². The molecule has 1 aromatic carbocycles. The number of hydrogen-bond donors (Lipinski definition) is 2. The molecule has 7 nitrogen and oxygen atoms in total. The highest BCUT2D eigenvalue weighted by molar-refractivity contribution is 5.74. The smallest absolute Gasteiger partial charge is 0.315 e. The summed E-state index contributed by atoms with van der Waals surface area (Å²) in [4.78, 5) is 18.5. The Hall–Kier alpha value is -2.57. The van der Waals surface area contributed by atoms with Crippen molar-refractivity contribution in [3.63, 3.8) is 0 Å². The number of nitrogens with one attached hydrogen (secondary N) is 2. The van der Waals surface area contributed by atoms with Crippen LogP contribution in [-0.4, -0.2) is 29.3 Å². The first-order chi connectivity index (χ1) is 11.6. The van der Waals surface area contributed by atoms with E-state index in [1.165, 1.54) is 18.5 Å². The van der Waals surface area contributed by atoms with Gasteiger partial charge in [0.2, 0.25) is 5.89 Å². The first kappa shape index (κ1) is 16.3. The molecule has 0 radical (unpaired) electrons. The summed E-state index contributed by atoms with van der Waals surface area (Å²) < 4.78 is 4.97. The molecule has 2 aromatic rings. The van der Waals surface area contributed by atoms with Crippen LogP contribution in [0.2, 0.25) is 0 Å². The van der Waals surface area contributed by atoms with Crippen LogP contribution >= 0.6 is 0 Å². The standard InChI is InChI=1S/C17H23N5O2/c1-12(19-17(23)18-11-16-20-13(2)21-24-16)14-6-5-7-15(10-14)22-8-3-4-9-22/h5-7,10,12H,3-4,8-9,11H2,1-2H3,(H2,18,19,23)/t12-/m0/s1. The molecule has 1 fully saturated rings. The van der Waals surface area contributed by atoms with Gasteiger partial charge in [-0.15, -0.1) is 0 Å². The molecule has 2 heterocycles. The van der Waals surface area contributed by atoms with Crippen LogP contribution in [0.4, 0.5) is 10.5 Å². The number of anilines is 1. The molecule has 7 heteroatoms. The fraction of sp³-hybridized carbons (Fsp3) is 0.471. The molecule has 24 heavy (non-hydrogen) atoms. The van der Waals surface area contributed by atoms with Crippen LogP contribution < -0.4 is 15.5 Å². The lowest BCUT2D eigenvalue weighted by molar-refractivity contribution is 0.235. The highest BCUT2D eigenvalue weighted by Gasteiger charge is 2.15. The predicted molar refractivity (Wildman–Crippen MR) is 90.7 cm³/mol. The molecule has 1 aromatic heterocycles. The molecule has 128 valence electrons. The highest BCUT2D eigenvalue weighted by atomic mass is 16.5. The summed E-state index contributed by atoms with van der Waals surface area (Å²) in [5.41, 5.74) is 2.31. The van der Waals surface area contributed by atoms with E-state index in [9.17, 15) is 4.79 Å². The van der Waals surface area contributed by atoms with Crippen LogP contribution in [0, 0.1) is 6.92 Å². The second-order valence-corrected chi connectivity index (χ2v) is 6.07. The Labute approximate surface area is 141 Å². The van der Waals surface area contributed by atoms with Crippen LogP contribution in [0.3, 0.4) is 0 Å². The summed E-state index contributed by atoms with van der Waals surface area (Å²) in [6.07, 6.45) is 2.49. The zero-order chi connectivity index (χ0) is 16.9. The lowest BCUT2D eigenvalue weighted by Crippen LogP contribution is -2.36. The van der Waals surface area contributed by atoms with Crippen LogP contribution in [0.5, 0.6) is 0 Å². The van der Waals surface area contributed by atoms with Crippen molar-refractivity contribution in [1.29, 1.82) is 0 Å². The van der Waals surface area contributed by atoms with Crippen LogP contribution in [0.15, 0.2) is 28.8 Å². The van der Waals surface area contributed by atoms with E-state index in [1.807, 2.05) is 19.1 Å². The molecule has 0 saturated carbocycles. The number of hydrogen-bond acceptors (Lipinski definition) is 5. The topological polar surface area (TPSA) is 83.3 Å². The highest BCUT2D eigenvalue weighted by Crippen LogP contribution is 2.23. The quantitative estimate of drug-likeness (QED) is 0.881. The monoisotopic (exact) mass is 329 g/mol. The second kappa shape index (κ2) is 7.33. The third kappa shape index (κ3) is 4.04. The van der Waals surface area contributed by atoms with Gasteiger partial charge in [-0.3, -0.25) is 0 Å². The summed E-state index contributed by atoms with van der Waals surface area (Å²) >= 11 is 0. The molecular weight excluding hydrogens is 306 g/mol.